The van der Waals surface area contributed by atoms with E-state index >= 15 is 0 Å². The molecule has 0 aliphatic carbocycles. The maximum Gasteiger partial charge on any atom is 0.264 e. The number of nitrogens with one attached hydrogen (secondary N) is 1. The van der Waals surface area contributed by atoms with Crippen molar-refractivity contribution in [2.75, 3.05) is 0 Å². The Morgan fingerprint density at radius 2 is 1.91 bits per heavy atom. The van der Waals surface area contributed by atoms with Crippen molar-refractivity contribution in [1.29, 1.82) is 0 Å². The fourth-order valence-electron chi connectivity index (χ4n) is 2.23. The quantitative estimate of drug-likeness (QED) is 0.923. The van der Waals surface area contributed by atoms with Crippen LogP contribution in [0.3, 0.4) is 0 Å². The molecule has 0 saturated carbocycles. The molecule has 1 heterocycles. The second kappa shape index (κ2) is 5.92. The molecule has 0 saturated heterocycles. The van der Waals surface area contributed by atoms with Gasteiger partial charge in [0.05, 0.1) is 17.0 Å². The fourth-order valence-corrected chi connectivity index (χ4v) is 3.55. The minimum Gasteiger partial charge on any atom is -0.274 e. The second-order valence-electron chi connectivity index (χ2n) is 5.38. The molecule has 0 radical (unpaired) electrons. The van der Waals surface area contributed by atoms with Gasteiger partial charge in [-0.25, -0.2) is 13.1 Å². The summed E-state index contributed by atoms with van der Waals surface area (Å²) in [5, 5.41) is 4.13. The fraction of sp³-hybridized carbons (Fsp3) is 0.333. The lowest BCUT2D eigenvalue weighted by Crippen LogP contribution is -2.32. The lowest BCUT2D eigenvalue weighted by atomic mass is 10.2. The second-order valence-corrected chi connectivity index (χ2v) is 7.03. The zero-order valence-electron chi connectivity index (χ0n) is 13.0. The summed E-state index contributed by atoms with van der Waals surface area (Å²) in [7, 11) is -2.15. The van der Waals surface area contributed by atoms with E-state index in [1.54, 1.807) is 43.8 Å². The van der Waals surface area contributed by atoms with Gasteiger partial charge in [-0.3, -0.25) is 9.48 Å². The van der Waals surface area contributed by atoms with Crippen LogP contribution in [0.15, 0.2) is 29.2 Å². The Labute approximate surface area is 130 Å². The number of hydrogen-bond acceptors (Lipinski definition) is 4. The Balaban J connectivity index is 2.20. The molecule has 7 heteroatoms. The van der Waals surface area contributed by atoms with Crippen LogP contribution in [0.2, 0.25) is 0 Å². The van der Waals surface area contributed by atoms with E-state index in [-0.39, 0.29) is 11.3 Å². The van der Waals surface area contributed by atoms with Gasteiger partial charge in [-0.15, -0.1) is 0 Å². The van der Waals surface area contributed by atoms with Crippen molar-refractivity contribution in [3.8, 4) is 0 Å². The molecular weight excluding hydrogens is 302 g/mol. The summed E-state index contributed by atoms with van der Waals surface area (Å²) in [5.74, 6) is -0.580. The molecule has 0 unspecified atom stereocenters. The number of sulfonamides is 1. The van der Waals surface area contributed by atoms with E-state index in [2.05, 4.69) is 9.82 Å². The SMILES string of the molecule is Cc1ccc(C)c(S(=O)(=O)NC(=O)Cc2cc(C)nn2C)c1. The molecule has 1 aromatic carbocycles. The van der Waals surface area contributed by atoms with Crippen molar-refractivity contribution in [1.82, 2.24) is 14.5 Å². The number of aryl methyl sites for hydroxylation is 4. The van der Waals surface area contributed by atoms with E-state index in [1.807, 2.05) is 13.0 Å². The molecular formula is C15H19N3O3S. The van der Waals surface area contributed by atoms with E-state index in [1.165, 1.54) is 0 Å². The van der Waals surface area contributed by atoms with Crippen LogP contribution >= 0.6 is 0 Å². The molecule has 0 spiro atoms. The van der Waals surface area contributed by atoms with Gasteiger partial charge in [0.1, 0.15) is 0 Å². The molecule has 1 amide bonds. The van der Waals surface area contributed by atoms with Gasteiger partial charge in [-0.05, 0) is 44.0 Å². The van der Waals surface area contributed by atoms with Crippen molar-refractivity contribution in [3.63, 3.8) is 0 Å². The third kappa shape index (κ3) is 3.54. The van der Waals surface area contributed by atoms with Gasteiger partial charge in [-0.1, -0.05) is 12.1 Å². The summed E-state index contributed by atoms with van der Waals surface area (Å²) in [6, 6.07) is 6.86. The summed E-state index contributed by atoms with van der Waals surface area (Å²) in [6.07, 6.45) is -0.0402. The third-order valence-electron chi connectivity index (χ3n) is 3.32. The lowest BCUT2D eigenvalue weighted by Gasteiger charge is -2.10. The summed E-state index contributed by atoms with van der Waals surface area (Å²) >= 11 is 0. The van der Waals surface area contributed by atoms with Gasteiger partial charge < -0.3 is 0 Å². The maximum atomic E-state index is 12.3. The number of amides is 1. The van der Waals surface area contributed by atoms with Crippen LogP contribution in [0.5, 0.6) is 0 Å². The van der Waals surface area contributed by atoms with Crippen LogP contribution in [-0.2, 0) is 28.3 Å². The largest absolute Gasteiger partial charge is 0.274 e. The topological polar surface area (TPSA) is 81.1 Å². The van der Waals surface area contributed by atoms with Crippen molar-refractivity contribution in [2.24, 2.45) is 7.05 Å². The third-order valence-corrected chi connectivity index (χ3v) is 4.84. The molecule has 2 rings (SSSR count). The summed E-state index contributed by atoms with van der Waals surface area (Å²) < 4.78 is 28.4. The minimum absolute atomic E-state index is 0.0402. The predicted molar refractivity (Wildman–Crippen MR) is 82.9 cm³/mol. The number of hydrogen-bond donors (Lipinski definition) is 1. The molecule has 2 aromatic rings. The first-order valence-electron chi connectivity index (χ1n) is 6.81. The predicted octanol–water partition coefficient (Wildman–Crippen LogP) is 1.39. The van der Waals surface area contributed by atoms with Gasteiger partial charge in [-0.2, -0.15) is 5.10 Å². The first-order chi connectivity index (χ1) is 10.2. The van der Waals surface area contributed by atoms with E-state index < -0.39 is 15.9 Å². The summed E-state index contributed by atoms with van der Waals surface area (Å²) in [4.78, 5) is 12.2. The van der Waals surface area contributed by atoms with Gasteiger partial charge >= 0.3 is 0 Å². The number of carbonyl (C=O) groups is 1. The number of benzene rings is 1. The first kappa shape index (κ1) is 16.2. The minimum atomic E-state index is -3.87. The highest BCUT2D eigenvalue weighted by Gasteiger charge is 2.20. The zero-order valence-corrected chi connectivity index (χ0v) is 13.9. The van der Waals surface area contributed by atoms with Crippen LogP contribution in [0.25, 0.3) is 0 Å². The van der Waals surface area contributed by atoms with Crippen LogP contribution in [0, 0.1) is 20.8 Å². The van der Waals surface area contributed by atoms with Gasteiger partial charge in [0.15, 0.2) is 0 Å². The Morgan fingerprint density at radius 1 is 1.23 bits per heavy atom. The Kier molecular flexibility index (Phi) is 4.37. The van der Waals surface area contributed by atoms with E-state index in [9.17, 15) is 13.2 Å². The van der Waals surface area contributed by atoms with Crippen LogP contribution in [-0.4, -0.2) is 24.1 Å². The molecule has 1 N–H and O–H groups in total. The average molecular weight is 321 g/mol. The van der Waals surface area contributed by atoms with E-state index in [0.717, 1.165) is 11.3 Å². The monoisotopic (exact) mass is 321 g/mol. The molecule has 1 aromatic heterocycles. The highest BCUT2D eigenvalue weighted by atomic mass is 32.2. The highest BCUT2D eigenvalue weighted by molar-refractivity contribution is 7.90. The Hall–Kier alpha value is -2.15. The number of nitrogens with zero attached hydrogens (tertiary/aromatic N) is 2. The molecule has 0 bridgehead atoms. The molecule has 0 fully saturated rings. The van der Waals surface area contributed by atoms with Gasteiger partial charge in [0, 0.05) is 12.7 Å². The van der Waals surface area contributed by atoms with E-state index in [0.29, 0.717) is 11.3 Å². The average Bonchev–Trinajstić information content (AvgIpc) is 2.69. The van der Waals surface area contributed by atoms with Gasteiger partial charge in [0.25, 0.3) is 10.0 Å². The van der Waals surface area contributed by atoms with Crippen LogP contribution < -0.4 is 4.72 Å². The van der Waals surface area contributed by atoms with Crippen LogP contribution in [0.1, 0.15) is 22.5 Å². The number of rotatable bonds is 4. The molecule has 0 aliphatic rings. The molecule has 118 valence electrons. The summed E-state index contributed by atoms with van der Waals surface area (Å²) in [6.45, 7) is 5.32. The molecule has 0 aliphatic heterocycles. The summed E-state index contributed by atoms with van der Waals surface area (Å²) in [5.41, 5.74) is 2.86. The van der Waals surface area contributed by atoms with Gasteiger partial charge in [0.2, 0.25) is 5.91 Å². The maximum absolute atomic E-state index is 12.3. The van der Waals surface area contributed by atoms with E-state index in [4.69, 9.17) is 0 Å². The molecule has 0 atom stereocenters. The van der Waals surface area contributed by atoms with Crippen LogP contribution in [0.4, 0.5) is 0 Å². The van der Waals surface area contributed by atoms with Crippen molar-refractivity contribution in [2.45, 2.75) is 32.1 Å². The normalized spacial score (nSPS) is 11.5. The highest BCUT2D eigenvalue weighted by Crippen LogP contribution is 2.16. The first-order valence-corrected chi connectivity index (χ1v) is 8.30. The zero-order chi connectivity index (χ0) is 16.5. The standard InChI is InChI=1S/C15H19N3O3S/c1-10-5-6-11(2)14(7-10)22(20,21)17-15(19)9-13-8-12(3)16-18(13)4/h5-8H,9H2,1-4H3,(H,17,19). The number of carbonyl (C=O) groups excluding carboxylic acids is 1. The lowest BCUT2D eigenvalue weighted by molar-refractivity contribution is -0.118. The Bertz CT molecular complexity index is 823. The van der Waals surface area contributed by atoms with Crippen molar-refractivity contribution >= 4 is 15.9 Å². The van der Waals surface area contributed by atoms with Crippen molar-refractivity contribution < 1.29 is 13.2 Å². The Morgan fingerprint density at radius 3 is 2.50 bits per heavy atom. The number of aromatic nitrogens is 2. The van der Waals surface area contributed by atoms with Crippen molar-refractivity contribution in [3.05, 3.63) is 46.8 Å². The molecule has 6 nitrogen and oxygen atoms in total. The smallest absolute Gasteiger partial charge is 0.264 e. The molecule has 22 heavy (non-hydrogen) atoms.